The zero-order valence-electron chi connectivity index (χ0n) is 20.3. The molecule has 0 aromatic heterocycles. The van der Waals surface area contributed by atoms with Gasteiger partial charge in [-0.3, -0.25) is 4.90 Å². The number of hydrogen-bond donors (Lipinski definition) is 1. The quantitative estimate of drug-likeness (QED) is 0.698. The lowest BCUT2D eigenvalue weighted by atomic mass is 9.87. The summed E-state index contributed by atoms with van der Waals surface area (Å²) >= 11 is 0. The lowest BCUT2D eigenvalue weighted by molar-refractivity contribution is -0.0569. The first-order valence-electron chi connectivity index (χ1n) is 12.6. The zero-order chi connectivity index (χ0) is 22.9. The van der Waals surface area contributed by atoms with E-state index in [9.17, 15) is 5.11 Å². The molecule has 2 fully saturated rings. The van der Waals surface area contributed by atoms with Crippen molar-refractivity contribution in [2.45, 2.75) is 71.2 Å². The summed E-state index contributed by atoms with van der Waals surface area (Å²) < 4.78 is 12.5. The van der Waals surface area contributed by atoms with Gasteiger partial charge in [0.25, 0.3) is 0 Å². The van der Waals surface area contributed by atoms with Gasteiger partial charge in [-0.25, -0.2) is 0 Å². The van der Waals surface area contributed by atoms with Crippen molar-refractivity contribution < 1.29 is 14.6 Å². The predicted molar refractivity (Wildman–Crippen MR) is 131 cm³/mol. The van der Waals surface area contributed by atoms with Gasteiger partial charge in [-0.2, -0.15) is 0 Å². The molecule has 2 saturated heterocycles. The molecule has 2 aromatic carbocycles. The molecule has 4 atom stereocenters. The molecule has 0 bridgehead atoms. The molecule has 4 heteroatoms. The average Bonchev–Trinajstić information content (AvgIpc) is 3.21. The van der Waals surface area contributed by atoms with Crippen LogP contribution >= 0.6 is 0 Å². The molecule has 0 spiro atoms. The third-order valence-corrected chi connectivity index (χ3v) is 6.55. The molecule has 2 aliphatic heterocycles. The maximum atomic E-state index is 9.22. The number of ether oxygens (including phenoxy) is 2. The summed E-state index contributed by atoms with van der Waals surface area (Å²) in [5, 5.41) is 9.22. The Kier molecular flexibility index (Phi) is 9.73. The van der Waals surface area contributed by atoms with Crippen LogP contribution in [0.25, 0.3) is 0 Å². The summed E-state index contributed by atoms with van der Waals surface area (Å²) in [7, 11) is 0. The molecule has 1 N–H and O–H groups in total. The minimum absolute atomic E-state index is 0.145. The average molecular weight is 440 g/mol. The highest BCUT2D eigenvalue weighted by atomic mass is 16.5. The molecule has 176 valence electrons. The van der Waals surface area contributed by atoms with Gasteiger partial charge in [-0.15, -0.1) is 0 Å². The number of rotatable bonds is 4. The van der Waals surface area contributed by atoms with Gasteiger partial charge in [-0.05, 0) is 41.5 Å². The van der Waals surface area contributed by atoms with Gasteiger partial charge in [0, 0.05) is 32.2 Å². The second kappa shape index (κ2) is 12.5. The van der Waals surface area contributed by atoms with Crippen LogP contribution in [0.3, 0.4) is 0 Å². The monoisotopic (exact) mass is 439 g/mol. The van der Waals surface area contributed by atoms with Gasteiger partial charge >= 0.3 is 0 Å². The highest BCUT2D eigenvalue weighted by Gasteiger charge is 2.41. The Morgan fingerprint density at radius 2 is 1.56 bits per heavy atom. The molecule has 2 aromatic rings. The van der Waals surface area contributed by atoms with E-state index in [1.54, 1.807) is 0 Å². The van der Waals surface area contributed by atoms with Crippen LogP contribution in [0, 0.1) is 0 Å². The van der Waals surface area contributed by atoms with Gasteiger partial charge in [0.15, 0.2) is 0 Å². The number of aliphatic hydroxyl groups is 1. The molecule has 5 rings (SSSR count). The van der Waals surface area contributed by atoms with Crippen molar-refractivity contribution in [2.24, 2.45) is 0 Å². The van der Waals surface area contributed by atoms with Crippen LogP contribution in [0.15, 0.2) is 48.5 Å². The van der Waals surface area contributed by atoms with Gasteiger partial charge < -0.3 is 14.6 Å². The van der Waals surface area contributed by atoms with E-state index in [1.807, 2.05) is 27.7 Å². The Bertz CT molecular complexity index is 768. The molecule has 4 unspecified atom stereocenters. The summed E-state index contributed by atoms with van der Waals surface area (Å²) in [6.07, 6.45) is 3.32. The largest absolute Gasteiger partial charge is 0.396 e. The number of aliphatic hydroxyl groups excluding tert-OH is 1. The van der Waals surface area contributed by atoms with Crippen LogP contribution in [-0.2, 0) is 15.9 Å². The Labute approximate surface area is 194 Å². The van der Waals surface area contributed by atoms with E-state index in [1.165, 1.54) is 22.3 Å². The standard InChI is InChI=1S/C24H29NO3.2C2H6/c26-11-9-19-15-25(10-12-27-19)16-20-14-23-21-7-3-1-5-17(21)13-18-6-2-4-8-22(18)24(23)28-20;2*1-2/h1-8,19-20,23-24,26H,9-16H2;2*1-2H3. The lowest BCUT2D eigenvalue weighted by Gasteiger charge is -2.34. The first-order valence-corrected chi connectivity index (χ1v) is 12.6. The van der Waals surface area contributed by atoms with E-state index in [0.29, 0.717) is 12.3 Å². The van der Waals surface area contributed by atoms with Gasteiger partial charge in [0.05, 0.1) is 24.9 Å². The summed E-state index contributed by atoms with van der Waals surface area (Å²) in [6.45, 7) is 11.7. The van der Waals surface area contributed by atoms with Crippen molar-refractivity contribution >= 4 is 0 Å². The number of hydrogen-bond acceptors (Lipinski definition) is 4. The van der Waals surface area contributed by atoms with Crippen LogP contribution in [0.1, 0.15) is 74.8 Å². The first kappa shape index (κ1) is 24.9. The maximum Gasteiger partial charge on any atom is 0.0901 e. The van der Waals surface area contributed by atoms with E-state index < -0.39 is 0 Å². The van der Waals surface area contributed by atoms with Crippen molar-refractivity contribution in [2.75, 3.05) is 32.8 Å². The van der Waals surface area contributed by atoms with Crippen molar-refractivity contribution in [3.8, 4) is 0 Å². The van der Waals surface area contributed by atoms with Gasteiger partial charge in [-0.1, -0.05) is 76.2 Å². The third kappa shape index (κ3) is 5.60. The van der Waals surface area contributed by atoms with E-state index in [2.05, 4.69) is 53.4 Å². The molecule has 32 heavy (non-hydrogen) atoms. The van der Waals surface area contributed by atoms with E-state index >= 15 is 0 Å². The summed E-state index contributed by atoms with van der Waals surface area (Å²) in [6, 6.07) is 17.7. The highest BCUT2D eigenvalue weighted by molar-refractivity contribution is 5.45. The van der Waals surface area contributed by atoms with Crippen molar-refractivity contribution in [3.63, 3.8) is 0 Å². The minimum atomic E-state index is 0.145. The molecule has 1 aliphatic carbocycles. The van der Waals surface area contributed by atoms with Gasteiger partial charge in [0.2, 0.25) is 0 Å². The van der Waals surface area contributed by atoms with Crippen LogP contribution < -0.4 is 0 Å². The zero-order valence-corrected chi connectivity index (χ0v) is 20.3. The molecule has 2 heterocycles. The number of fused-ring (bicyclic) bond motifs is 5. The number of morpholine rings is 1. The summed E-state index contributed by atoms with van der Waals surface area (Å²) in [5.74, 6) is 0.430. The second-order valence-electron chi connectivity index (χ2n) is 8.36. The normalized spacial score (nSPS) is 26.3. The molecular weight excluding hydrogens is 398 g/mol. The van der Waals surface area contributed by atoms with Crippen LogP contribution in [0.2, 0.25) is 0 Å². The van der Waals surface area contributed by atoms with Crippen molar-refractivity contribution in [1.82, 2.24) is 4.90 Å². The smallest absolute Gasteiger partial charge is 0.0901 e. The fourth-order valence-electron chi connectivity index (χ4n) is 5.25. The molecule has 0 radical (unpaired) electrons. The van der Waals surface area contributed by atoms with E-state index in [0.717, 1.165) is 39.1 Å². The van der Waals surface area contributed by atoms with Crippen LogP contribution in [0.5, 0.6) is 0 Å². The Hall–Kier alpha value is -1.72. The summed E-state index contributed by atoms with van der Waals surface area (Å²) in [5.41, 5.74) is 5.68. The molecule has 0 amide bonds. The fraction of sp³-hybridized carbons (Fsp3) is 0.571. The first-order chi connectivity index (χ1) is 15.8. The fourth-order valence-corrected chi connectivity index (χ4v) is 5.25. The highest BCUT2D eigenvalue weighted by Crippen LogP contribution is 2.49. The van der Waals surface area contributed by atoms with Crippen LogP contribution in [-0.4, -0.2) is 55.1 Å². The molecule has 3 aliphatic rings. The third-order valence-electron chi connectivity index (χ3n) is 6.55. The predicted octanol–water partition coefficient (Wildman–Crippen LogP) is 5.34. The second-order valence-corrected chi connectivity index (χ2v) is 8.36. The lowest BCUT2D eigenvalue weighted by Crippen LogP contribution is -2.45. The van der Waals surface area contributed by atoms with E-state index in [4.69, 9.17) is 9.47 Å². The minimum Gasteiger partial charge on any atom is -0.396 e. The van der Waals surface area contributed by atoms with Crippen LogP contribution in [0.4, 0.5) is 0 Å². The topological polar surface area (TPSA) is 41.9 Å². The van der Waals surface area contributed by atoms with Gasteiger partial charge in [0.1, 0.15) is 0 Å². The van der Waals surface area contributed by atoms with Crippen molar-refractivity contribution in [3.05, 3.63) is 70.8 Å². The molecular formula is C28H41NO3. The number of benzene rings is 2. The maximum absolute atomic E-state index is 9.22. The molecule has 4 nitrogen and oxygen atoms in total. The number of nitrogens with zero attached hydrogens (tertiary/aromatic N) is 1. The Balaban J connectivity index is 0.000000686. The van der Waals surface area contributed by atoms with Crippen molar-refractivity contribution in [1.29, 1.82) is 0 Å². The van der Waals surface area contributed by atoms with E-state index in [-0.39, 0.29) is 24.9 Å². The summed E-state index contributed by atoms with van der Waals surface area (Å²) in [4.78, 5) is 2.46. The molecule has 0 saturated carbocycles. The Morgan fingerprint density at radius 3 is 2.28 bits per heavy atom. The SMILES string of the molecule is CC.CC.OCCC1CN(CC2CC3c4ccccc4Cc4ccccc4C3O2)CCO1. The Morgan fingerprint density at radius 1 is 0.906 bits per heavy atom.